The van der Waals surface area contributed by atoms with Gasteiger partial charge >= 0.3 is 0 Å². The van der Waals surface area contributed by atoms with Crippen LogP contribution in [0.15, 0.2) is 42.0 Å². The van der Waals surface area contributed by atoms with E-state index in [0.29, 0.717) is 36.4 Å². The molecule has 0 heterocycles. The monoisotopic (exact) mass is 386 g/mol. The Kier molecular flexibility index (Phi) is 4.50. The Morgan fingerprint density at radius 1 is 1.21 bits per heavy atom. The van der Waals surface area contributed by atoms with Gasteiger partial charge in [0.1, 0.15) is 12.4 Å². The van der Waals surface area contributed by atoms with E-state index in [2.05, 4.69) is 25.2 Å². The lowest BCUT2D eigenvalue weighted by molar-refractivity contribution is -0.119. The molecule has 29 heavy (non-hydrogen) atoms. The Hall–Kier alpha value is -3.39. The number of carbonyl (C=O) groups is 2. The minimum atomic E-state index is -0.332. The smallest absolute Gasteiger partial charge is 0.216 e. The summed E-state index contributed by atoms with van der Waals surface area (Å²) in [7, 11) is 0. The number of rotatable bonds is 4. The number of benzene rings is 2. The lowest BCUT2D eigenvalue weighted by Crippen LogP contribution is -2.30. The SMILES string of the molecule is CC(=O)NCCOc1ccc2c(c1)C(C)(C)C1=C(C2=O)c2ccc(C#N)cc2C1. The lowest BCUT2D eigenvalue weighted by atomic mass is 9.68. The molecule has 0 spiro atoms. The molecule has 0 saturated heterocycles. The Morgan fingerprint density at radius 3 is 2.69 bits per heavy atom. The highest BCUT2D eigenvalue weighted by Gasteiger charge is 2.42. The topological polar surface area (TPSA) is 79.2 Å². The molecular formula is C24H22N2O3. The van der Waals surface area contributed by atoms with Crippen molar-refractivity contribution in [3.8, 4) is 11.8 Å². The average Bonchev–Trinajstić information content (AvgIpc) is 3.09. The molecule has 5 heteroatoms. The number of hydrogen-bond donors (Lipinski definition) is 1. The Bertz CT molecular complexity index is 1120. The molecule has 1 amide bonds. The summed E-state index contributed by atoms with van der Waals surface area (Å²) in [5, 5.41) is 11.9. The summed E-state index contributed by atoms with van der Waals surface area (Å²) < 4.78 is 5.78. The van der Waals surface area contributed by atoms with Crippen molar-refractivity contribution >= 4 is 17.3 Å². The molecule has 146 valence electrons. The van der Waals surface area contributed by atoms with Gasteiger partial charge < -0.3 is 10.1 Å². The van der Waals surface area contributed by atoms with E-state index in [-0.39, 0.29) is 17.1 Å². The number of carbonyl (C=O) groups excluding carboxylic acids is 2. The number of nitrogens with one attached hydrogen (secondary N) is 1. The second kappa shape index (κ2) is 6.89. The largest absolute Gasteiger partial charge is 0.492 e. The summed E-state index contributed by atoms with van der Waals surface area (Å²) >= 11 is 0. The van der Waals surface area contributed by atoms with Gasteiger partial charge in [-0.1, -0.05) is 19.9 Å². The zero-order valence-electron chi connectivity index (χ0n) is 16.8. The minimum Gasteiger partial charge on any atom is -0.492 e. The van der Waals surface area contributed by atoms with E-state index in [1.54, 1.807) is 12.1 Å². The normalized spacial score (nSPS) is 15.9. The molecular weight excluding hydrogens is 364 g/mol. The molecule has 0 unspecified atom stereocenters. The molecule has 2 aromatic rings. The van der Waals surface area contributed by atoms with Crippen LogP contribution in [0.5, 0.6) is 5.75 Å². The number of amides is 1. The number of nitrogens with zero attached hydrogens (tertiary/aromatic N) is 1. The van der Waals surface area contributed by atoms with Crippen LogP contribution in [0.1, 0.15) is 53.4 Å². The van der Waals surface area contributed by atoms with Gasteiger partial charge in [-0.05, 0) is 59.0 Å². The van der Waals surface area contributed by atoms with Crippen LogP contribution in [0, 0.1) is 11.3 Å². The molecule has 0 fully saturated rings. The van der Waals surface area contributed by atoms with Crippen LogP contribution in [0.25, 0.3) is 5.57 Å². The fourth-order valence-electron chi connectivity index (χ4n) is 4.31. The molecule has 0 aliphatic heterocycles. The van der Waals surface area contributed by atoms with Crippen molar-refractivity contribution < 1.29 is 14.3 Å². The van der Waals surface area contributed by atoms with Crippen molar-refractivity contribution in [1.29, 1.82) is 5.26 Å². The van der Waals surface area contributed by atoms with E-state index in [1.165, 1.54) is 6.92 Å². The van der Waals surface area contributed by atoms with E-state index < -0.39 is 0 Å². The van der Waals surface area contributed by atoms with Gasteiger partial charge in [-0.25, -0.2) is 0 Å². The molecule has 2 aliphatic rings. The van der Waals surface area contributed by atoms with Crippen LogP contribution in [0.4, 0.5) is 0 Å². The third-order valence-corrected chi connectivity index (χ3v) is 5.81. The van der Waals surface area contributed by atoms with Crippen molar-refractivity contribution in [3.05, 3.63) is 69.8 Å². The van der Waals surface area contributed by atoms with Crippen molar-refractivity contribution in [2.75, 3.05) is 13.2 Å². The lowest BCUT2D eigenvalue weighted by Gasteiger charge is -2.34. The minimum absolute atomic E-state index is 0.0302. The van der Waals surface area contributed by atoms with Gasteiger partial charge in [-0.3, -0.25) is 9.59 Å². The van der Waals surface area contributed by atoms with Gasteiger partial charge in [0.05, 0.1) is 18.2 Å². The molecule has 2 aliphatic carbocycles. The van der Waals surface area contributed by atoms with Gasteiger partial charge in [0.2, 0.25) is 5.91 Å². The molecule has 0 radical (unpaired) electrons. The van der Waals surface area contributed by atoms with Crippen LogP contribution >= 0.6 is 0 Å². The highest BCUT2D eigenvalue weighted by atomic mass is 16.5. The highest BCUT2D eigenvalue weighted by molar-refractivity contribution is 6.33. The zero-order chi connectivity index (χ0) is 20.8. The van der Waals surface area contributed by atoms with Crippen LogP contribution in [0.3, 0.4) is 0 Å². The van der Waals surface area contributed by atoms with E-state index >= 15 is 0 Å². The van der Waals surface area contributed by atoms with Crippen molar-refractivity contribution in [3.63, 3.8) is 0 Å². The molecule has 0 aromatic heterocycles. The zero-order valence-corrected chi connectivity index (χ0v) is 16.8. The van der Waals surface area contributed by atoms with Crippen molar-refractivity contribution in [1.82, 2.24) is 5.32 Å². The maximum absolute atomic E-state index is 13.3. The molecule has 5 nitrogen and oxygen atoms in total. The number of hydrogen-bond acceptors (Lipinski definition) is 4. The number of allylic oxidation sites excluding steroid dienone is 2. The van der Waals surface area contributed by atoms with Gasteiger partial charge in [0, 0.05) is 23.5 Å². The first-order valence-electron chi connectivity index (χ1n) is 9.66. The van der Waals surface area contributed by atoms with Gasteiger partial charge in [0.15, 0.2) is 5.78 Å². The quantitative estimate of drug-likeness (QED) is 0.815. The fraction of sp³-hybridized carbons (Fsp3) is 0.292. The Morgan fingerprint density at radius 2 is 1.97 bits per heavy atom. The number of Topliss-reactive ketones (excluding diaryl/α,β-unsaturated/α-hetero) is 1. The van der Waals surface area contributed by atoms with Gasteiger partial charge in [0.25, 0.3) is 0 Å². The first kappa shape index (κ1) is 18.9. The predicted octanol–water partition coefficient (Wildman–Crippen LogP) is 3.56. The van der Waals surface area contributed by atoms with E-state index in [0.717, 1.165) is 27.8 Å². The maximum atomic E-state index is 13.3. The predicted molar refractivity (Wildman–Crippen MR) is 110 cm³/mol. The standard InChI is InChI=1S/C24H22N2O3/c1-14(27)26-8-9-29-17-5-7-19-20(12-17)24(2,3)21-11-16-10-15(13-25)4-6-18(16)22(21)23(19)28/h4-7,10,12H,8-9,11H2,1-3H3,(H,26,27). The molecule has 0 saturated carbocycles. The maximum Gasteiger partial charge on any atom is 0.216 e. The summed E-state index contributed by atoms with van der Waals surface area (Å²) in [6.45, 7) is 6.53. The van der Waals surface area contributed by atoms with E-state index in [1.807, 2.05) is 24.3 Å². The highest BCUT2D eigenvalue weighted by Crippen LogP contribution is 2.50. The van der Waals surface area contributed by atoms with Crippen LogP contribution < -0.4 is 10.1 Å². The average molecular weight is 386 g/mol. The van der Waals surface area contributed by atoms with Crippen LogP contribution in [-0.4, -0.2) is 24.8 Å². The first-order valence-corrected chi connectivity index (χ1v) is 9.66. The van der Waals surface area contributed by atoms with Gasteiger partial charge in [-0.15, -0.1) is 0 Å². The van der Waals surface area contributed by atoms with Crippen molar-refractivity contribution in [2.45, 2.75) is 32.6 Å². The van der Waals surface area contributed by atoms with Crippen molar-refractivity contribution in [2.24, 2.45) is 0 Å². The molecule has 0 atom stereocenters. The third kappa shape index (κ3) is 3.11. The second-order valence-corrected chi connectivity index (χ2v) is 8.01. The summed E-state index contributed by atoms with van der Waals surface area (Å²) in [6.07, 6.45) is 0.673. The molecule has 1 N–H and O–H groups in total. The molecule has 4 rings (SSSR count). The summed E-state index contributed by atoms with van der Waals surface area (Å²) in [5.41, 5.74) is 5.78. The van der Waals surface area contributed by atoms with Crippen LogP contribution in [0.2, 0.25) is 0 Å². The number of nitriles is 1. The number of ether oxygens (including phenoxy) is 1. The summed E-state index contributed by atoms with van der Waals surface area (Å²) in [6, 6.07) is 13.3. The van der Waals surface area contributed by atoms with E-state index in [4.69, 9.17) is 4.74 Å². The second-order valence-electron chi connectivity index (χ2n) is 8.01. The molecule has 0 bridgehead atoms. The summed E-state index contributed by atoms with van der Waals surface area (Å²) in [4.78, 5) is 24.3. The number of ketones is 1. The Balaban J connectivity index is 1.68. The molecule has 2 aromatic carbocycles. The van der Waals surface area contributed by atoms with Crippen LogP contribution in [-0.2, 0) is 16.6 Å². The number of fused-ring (bicyclic) bond motifs is 3. The third-order valence-electron chi connectivity index (χ3n) is 5.81. The first-order chi connectivity index (χ1) is 13.8. The van der Waals surface area contributed by atoms with E-state index in [9.17, 15) is 14.9 Å². The van der Waals surface area contributed by atoms with Gasteiger partial charge in [-0.2, -0.15) is 5.26 Å². The summed E-state index contributed by atoms with van der Waals surface area (Å²) in [5.74, 6) is 0.620. The fourth-order valence-corrected chi connectivity index (χ4v) is 4.31. The Labute approximate surface area is 170 Å².